The lowest BCUT2D eigenvalue weighted by molar-refractivity contribution is 0.644. The van der Waals surface area contributed by atoms with Gasteiger partial charge in [0.05, 0.1) is 11.1 Å². The summed E-state index contributed by atoms with van der Waals surface area (Å²) >= 11 is 0. The Labute approximate surface area is 181 Å². The second kappa shape index (κ2) is 6.85. The van der Waals surface area contributed by atoms with Gasteiger partial charge in [0.2, 0.25) is 0 Å². The smallest absolute Gasteiger partial charge is 0.0626 e. The van der Waals surface area contributed by atoms with Crippen LogP contribution in [0.25, 0.3) is 11.1 Å². The van der Waals surface area contributed by atoms with Crippen molar-refractivity contribution in [3.05, 3.63) is 118 Å². The van der Waals surface area contributed by atoms with Crippen molar-refractivity contribution < 1.29 is 0 Å². The molecule has 2 heteroatoms. The van der Waals surface area contributed by atoms with E-state index in [4.69, 9.17) is 5.41 Å². The highest BCUT2D eigenvalue weighted by molar-refractivity contribution is 8.35. The number of rotatable bonds is 1. The summed E-state index contributed by atoms with van der Waals surface area (Å²) in [4.78, 5) is 1.28. The van der Waals surface area contributed by atoms with Crippen LogP contribution in [0.3, 0.4) is 0 Å². The largest absolute Gasteiger partial charge is 0.300 e. The molecule has 0 fully saturated rings. The number of fused-ring (bicyclic) bond motifs is 7. The molecular formula is C28H27NS. The molecule has 3 aromatic carbocycles. The SMILES string of the molecule is CS(C)(C)C1=C\C(=N)c2ccccc2C2(C/C=C\1)c1ccccc1-c1ccccc12. The van der Waals surface area contributed by atoms with Crippen LogP contribution in [0.15, 0.2) is 95.9 Å². The van der Waals surface area contributed by atoms with Crippen LogP contribution in [0.2, 0.25) is 0 Å². The molecule has 0 saturated carbocycles. The van der Waals surface area contributed by atoms with E-state index >= 15 is 0 Å². The average Bonchev–Trinajstić information content (AvgIpc) is 3.06. The molecule has 30 heavy (non-hydrogen) atoms. The van der Waals surface area contributed by atoms with E-state index in [0.717, 1.165) is 12.0 Å². The highest BCUT2D eigenvalue weighted by Gasteiger charge is 2.45. The van der Waals surface area contributed by atoms with E-state index in [1.54, 1.807) is 0 Å². The van der Waals surface area contributed by atoms with Crippen molar-refractivity contribution in [1.82, 2.24) is 0 Å². The third-order valence-electron chi connectivity index (χ3n) is 6.44. The molecule has 0 heterocycles. The molecular weight excluding hydrogens is 382 g/mol. The van der Waals surface area contributed by atoms with E-state index < -0.39 is 10.0 Å². The van der Waals surface area contributed by atoms with Gasteiger partial charge in [-0.3, -0.25) is 0 Å². The number of hydrogen-bond acceptors (Lipinski definition) is 1. The van der Waals surface area contributed by atoms with Gasteiger partial charge >= 0.3 is 0 Å². The van der Waals surface area contributed by atoms with Crippen molar-refractivity contribution in [2.75, 3.05) is 18.8 Å². The highest BCUT2D eigenvalue weighted by Crippen LogP contribution is 2.56. The zero-order valence-corrected chi connectivity index (χ0v) is 18.6. The Morgan fingerprint density at radius 1 is 0.700 bits per heavy atom. The Morgan fingerprint density at radius 2 is 1.17 bits per heavy atom. The lowest BCUT2D eigenvalue weighted by atomic mass is 9.68. The highest BCUT2D eigenvalue weighted by atomic mass is 32.3. The first-order valence-corrected chi connectivity index (χ1v) is 13.2. The molecule has 3 aromatic rings. The molecule has 0 unspecified atom stereocenters. The summed E-state index contributed by atoms with van der Waals surface area (Å²) in [5.74, 6) is 0. The second-order valence-corrected chi connectivity index (χ2v) is 13.1. The zero-order chi connectivity index (χ0) is 20.9. The van der Waals surface area contributed by atoms with Crippen LogP contribution in [-0.2, 0) is 5.41 Å². The molecule has 0 aromatic heterocycles. The van der Waals surface area contributed by atoms with Gasteiger partial charge in [0.1, 0.15) is 0 Å². The van der Waals surface area contributed by atoms with Gasteiger partial charge in [-0.15, -0.1) is 0 Å². The molecule has 1 nitrogen and oxygen atoms in total. The maximum Gasteiger partial charge on any atom is 0.0626 e. The lowest BCUT2D eigenvalue weighted by Gasteiger charge is -2.33. The van der Waals surface area contributed by atoms with E-state index in [0.29, 0.717) is 5.71 Å². The first-order valence-electron chi connectivity index (χ1n) is 10.4. The number of allylic oxidation sites excluding steroid dienone is 3. The van der Waals surface area contributed by atoms with Crippen molar-refractivity contribution in [1.29, 1.82) is 5.41 Å². The van der Waals surface area contributed by atoms with Gasteiger partial charge in [-0.25, -0.2) is 10.0 Å². The second-order valence-electron chi connectivity index (χ2n) is 8.95. The molecule has 5 rings (SSSR count). The van der Waals surface area contributed by atoms with Crippen LogP contribution in [-0.4, -0.2) is 24.5 Å². The third kappa shape index (κ3) is 2.74. The predicted molar refractivity (Wildman–Crippen MR) is 132 cm³/mol. The van der Waals surface area contributed by atoms with Gasteiger partial charge in [0.15, 0.2) is 0 Å². The van der Waals surface area contributed by atoms with Gasteiger partial charge in [-0.2, -0.15) is 0 Å². The first-order chi connectivity index (χ1) is 14.4. The number of benzene rings is 3. The third-order valence-corrected chi connectivity index (χ3v) is 8.11. The summed E-state index contributed by atoms with van der Waals surface area (Å²) in [5, 5.41) is 9.03. The molecule has 150 valence electrons. The van der Waals surface area contributed by atoms with E-state index in [1.807, 2.05) is 0 Å². The molecule has 0 saturated heterocycles. The van der Waals surface area contributed by atoms with E-state index in [-0.39, 0.29) is 5.41 Å². The van der Waals surface area contributed by atoms with Crippen molar-refractivity contribution in [3.8, 4) is 11.1 Å². The van der Waals surface area contributed by atoms with E-state index in [1.165, 1.54) is 32.7 Å². The Morgan fingerprint density at radius 3 is 1.70 bits per heavy atom. The van der Waals surface area contributed by atoms with Crippen molar-refractivity contribution in [2.45, 2.75) is 11.8 Å². The monoisotopic (exact) mass is 409 g/mol. The van der Waals surface area contributed by atoms with Crippen LogP contribution >= 0.6 is 10.0 Å². The van der Waals surface area contributed by atoms with Crippen molar-refractivity contribution in [2.24, 2.45) is 0 Å². The average molecular weight is 410 g/mol. The van der Waals surface area contributed by atoms with Crippen molar-refractivity contribution >= 4 is 15.7 Å². The summed E-state index contributed by atoms with van der Waals surface area (Å²) in [6.45, 7) is 0. The molecule has 2 aliphatic rings. The Kier molecular flexibility index (Phi) is 4.37. The minimum atomic E-state index is -0.940. The topological polar surface area (TPSA) is 23.9 Å². The number of hydrogen-bond donors (Lipinski definition) is 1. The maximum absolute atomic E-state index is 9.03. The van der Waals surface area contributed by atoms with Gasteiger partial charge in [-0.05, 0) is 64.0 Å². The van der Waals surface area contributed by atoms with Crippen LogP contribution in [0.5, 0.6) is 0 Å². The minimum absolute atomic E-state index is 0.275. The molecule has 1 N–H and O–H groups in total. The molecule has 0 atom stereocenters. The fourth-order valence-electron chi connectivity index (χ4n) is 5.04. The normalized spacial score (nSPS) is 20.1. The maximum atomic E-state index is 9.03. The van der Waals surface area contributed by atoms with Crippen LogP contribution in [0.4, 0.5) is 0 Å². The Balaban J connectivity index is 1.87. The summed E-state index contributed by atoms with van der Waals surface area (Å²) in [7, 11) is -0.940. The quantitative estimate of drug-likeness (QED) is 0.452. The summed E-state index contributed by atoms with van der Waals surface area (Å²) in [6.07, 6.45) is 14.5. The fourth-order valence-corrected chi connectivity index (χ4v) is 6.01. The molecule has 1 spiro atoms. The summed E-state index contributed by atoms with van der Waals surface area (Å²) in [6, 6.07) is 26.2. The Hall–Kier alpha value is -2.84. The van der Waals surface area contributed by atoms with E-state index in [9.17, 15) is 0 Å². The van der Waals surface area contributed by atoms with E-state index in [2.05, 4.69) is 110 Å². The molecule has 0 amide bonds. The van der Waals surface area contributed by atoms with Gasteiger partial charge in [0.25, 0.3) is 0 Å². The van der Waals surface area contributed by atoms with Gasteiger partial charge in [-0.1, -0.05) is 84.9 Å². The predicted octanol–water partition coefficient (Wildman–Crippen LogP) is 6.91. The van der Waals surface area contributed by atoms with Crippen LogP contribution < -0.4 is 0 Å². The number of nitrogens with one attached hydrogen (secondary N) is 1. The van der Waals surface area contributed by atoms with Crippen LogP contribution in [0.1, 0.15) is 28.7 Å². The van der Waals surface area contributed by atoms with Crippen LogP contribution in [0, 0.1) is 5.41 Å². The van der Waals surface area contributed by atoms with Gasteiger partial charge < -0.3 is 5.41 Å². The summed E-state index contributed by atoms with van der Waals surface area (Å²) in [5.41, 5.74) is 7.94. The molecule has 0 aliphatic heterocycles. The molecule has 2 aliphatic carbocycles. The van der Waals surface area contributed by atoms with Gasteiger partial charge in [0, 0.05) is 5.56 Å². The lowest BCUT2D eigenvalue weighted by Crippen LogP contribution is -2.28. The molecule has 0 radical (unpaired) electrons. The minimum Gasteiger partial charge on any atom is -0.300 e. The summed E-state index contributed by atoms with van der Waals surface area (Å²) < 4.78 is 0. The zero-order valence-electron chi connectivity index (χ0n) is 17.8. The first kappa shape index (κ1) is 19.1. The standard InChI is InChI=1S/C28H27NS/c1-30(2,3)20-11-10-18-28(26-17-9-6-14-23(26)27(29)19-20)24-15-7-4-12-21(24)22-13-5-8-16-25(22)28/h4-17,19,29H,18H2,1-3H3/b11-10-,20-19-,29-27?. The Bertz CT molecular complexity index is 1180. The van der Waals surface area contributed by atoms with Crippen molar-refractivity contribution in [3.63, 3.8) is 0 Å². The fraction of sp³-hybridized carbons (Fsp3) is 0.179. The molecule has 0 bridgehead atoms.